The van der Waals surface area contributed by atoms with Gasteiger partial charge in [-0.25, -0.2) is 4.98 Å². The van der Waals surface area contributed by atoms with E-state index in [0.29, 0.717) is 5.89 Å². The quantitative estimate of drug-likeness (QED) is 0.221. The number of para-hydroxylation sites is 4. The maximum Gasteiger partial charge on any atom is 0.228 e. The molecule has 0 saturated carbocycles. The molecule has 0 spiro atoms. The van der Waals surface area contributed by atoms with Crippen LogP contribution in [0.15, 0.2) is 147 Å². The Morgan fingerprint density at radius 3 is 2.02 bits per heavy atom. The molecule has 0 bridgehead atoms. The van der Waals surface area contributed by atoms with Gasteiger partial charge in [0.25, 0.3) is 0 Å². The average Bonchev–Trinajstić information content (AvgIpc) is 3.74. The molecule has 5 nitrogen and oxygen atoms in total. The summed E-state index contributed by atoms with van der Waals surface area (Å²) in [5, 5.41) is 4.14. The Bertz CT molecular complexity index is 2400. The Hall–Kier alpha value is -5.81. The zero-order valence-electron chi connectivity index (χ0n) is 22.3. The lowest BCUT2D eigenvalue weighted by Gasteiger charge is -2.26. The number of nitrogens with zero attached hydrogens (tertiary/aromatic N) is 2. The Morgan fingerprint density at radius 2 is 1.14 bits per heavy atom. The third-order valence-corrected chi connectivity index (χ3v) is 7.90. The van der Waals surface area contributed by atoms with E-state index in [1.807, 2.05) is 72.8 Å². The fraction of sp³-hybridized carbons (Fsp3) is 0. The van der Waals surface area contributed by atoms with Gasteiger partial charge in [-0.15, -0.1) is 0 Å². The van der Waals surface area contributed by atoms with E-state index in [-0.39, 0.29) is 0 Å². The van der Waals surface area contributed by atoms with Crippen molar-refractivity contribution in [2.45, 2.75) is 0 Å². The Kier molecular flexibility index (Phi) is 4.83. The van der Waals surface area contributed by atoms with Crippen molar-refractivity contribution in [2.24, 2.45) is 0 Å². The molecular formula is C37H22N2O3. The van der Waals surface area contributed by atoms with E-state index in [0.717, 1.165) is 77.6 Å². The second-order valence-electron chi connectivity index (χ2n) is 10.4. The van der Waals surface area contributed by atoms with Crippen LogP contribution in [0.25, 0.3) is 66.4 Å². The number of aromatic nitrogens is 1. The van der Waals surface area contributed by atoms with E-state index in [9.17, 15) is 0 Å². The summed E-state index contributed by atoms with van der Waals surface area (Å²) in [7, 11) is 0. The van der Waals surface area contributed by atoms with Crippen molar-refractivity contribution >= 4 is 72.0 Å². The Balaban J connectivity index is 1.27. The van der Waals surface area contributed by atoms with Gasteiger partial charge in [-0.05, 0) is 66.7 Å². The number of benzene rings is 6. The van der Waals surface area contributed by atoms with Crippen LogP contribution in [0.5, 0.6) is 0 Å². The highest BCUT2D eigenvalue weighted by molar-refractivity contribution is 6.15. The van der Waals surface area contributed by atoms with E-state index in [4.69, 9.17) is 18.2 Å². The van der Waals surface area contributed by atoms with Crippen LogP contribution in [0.3, 0.4) is 0 Å². The van der Waals surface area contributed by atoms with Crippen molar-refractivity contribution in [3.8, 4) is 11.5 Å². The van der Waals surface area contributed by atoms with Crippen molar-refractivity contribution in [2.75, 3.05) is 4.90 Å². The lowest BCUT2D eigenvalue weighted by molar-refractivity contribution is 0.620. The molecule has 0 aliphatic heterocycles. The molecule has 9 aromatic rings. The number of anilines is 3. The van der Waals surface area contributed by atoms with Gasteiger partial charge in [-0.1, -0.05) is 60.7 Å². The summed E-state index contributed by atoms with van der Waals surface area (Å²) in [6.45, 7) is 0. The lowest BCUT2D eigenvalue weighted by atomic mass is 10.0. The van der Waals surface area contributed by atoms with Crippen LogP contribution < -0.4 is 4.90 Å². The zero-order chi connectivity index (χ0) is 27.6. The average molecular weight is 543 g/mol. The molecule has 6 aromatic carbocycles. The second-order valence-corrected chi connectivity index (χ2v) is 10.4. The SMILES string of the molecule is c1ccc(N(c2ccc3c(c2)oc2cccc(-c4nc5ccccc5o4)c23)c2cccc3oc4ccccc4c23)cc1. The second kappa shape index (κ2) is 8.85. The molecule has 0 radical (unpaired) electrons. The molecule has 0 aliphatic carbocycles. The normalized spacial score (nSPS) is 11.8. The molecule has 0 atom stereocenters. The lowest BCUT2D eigenvalue weighted by Crippen LogP contribution is -2.10. The van der Waals surface area contributed by atoms with Crippen molar-refractivity contribution < 1.29 is 13.3 Å². The van der Waals surface area contributed by atoms with Gasteiger partial charge in [-0.3, -0.25) is 0 Å². The minimum absolute atomic E-state index is 0.581. The number of hydrogen-bond donors (Lipinski definition) is 0. The van der Waals surface area contributed by atoms with Crippen molar-refractivity contribution in [1.29, 1.82) is 0 Å². The van der Waals surface area contributed by atoms with E-state index in [2.05, 4.69) is 65.6 Å². The number of furan rings is 2. The summed E-state index contributed by atoms with van der Waals surface area (Å²) in [5.74, 6) is 0.581. The topological polar surface area (TPSA) is 55.6 Å². The predicted molar refractivity (Wildman–Crippen MR) is 169 cm³/mol. The summed E-state index contributed by atoms with van der Waals surface area (Å²) in [6, 6.07) is 45.0. The molecule has 3 heterocycles. The van der Waals surface area contributed by atoms with Gasteiger partial charge in [0.1, 0.15) is 27.8 Å². The largest absolute Gasteiger partial charge is 0.456 e. The van der Waals surface area contributed by atoms with Gasteiger partial charge in [-0.2, -0.15) is 0 Å². The van der Waals surface area contributed by atoms with Crippen LogP contribution in [0.2, 0.25) is 0 Å². The maximum atomic E-state index is 6.48. The van der Waals surface area contributed by atoms with Gasteiger partial charge in [0.15, 0.2) is 5.58 Å². The smallest absolute Gasteiger partial charge is 0.228 e. The molecule has 0 aliphatic rings. The maximum absolute atomic E-state index is 6.48. The monoisotopic (exact) mass is 542 g/mol. The molecule has 0 fully saturated rings. The molecule has 0 amide bonds. The van der Waals surface area contributed by atoms with E-state index < -0.39 is 0 Å². The number of fused-ring (bicyclic) bond motifs is 7. The van der Waals surface area contributed by atoms with Crippen molar-refractivity contribution in [1.82, 2.24) is 4.98 Å². The van der Waals surface area contributed by atoms with Crippen LogP contribution in [-0.4, -0.2) is 4.98 Å². The summed E-state index contributed by atoms with van der Waals surface area (Å²) in [5.41, 5.74) is 8.85. The third kappa shape index (κ3) is 3.40. The molecule has 198 valence electrons. The number of rotatable bonds is 4. The number of oxazole rings is 1. The van der Waals surface area contributed by atoms with Crippen LogP contribution in [0.4, 0.5) is 17.1 Å². The molecule has 3 aromatic heterocycles. The first-order valence-electron chi connectivity index (χ1n) is 13.9. The molecule has 9 rings (SSSR count). The molecule has 0 N–H and O–H groups in total. The third-order valence-electron chi connectivity index (χ3n) is 7.90. The van der Waals surface area contributed by atoms with Gasteiger partial charge in [0.05, 0.1) is 11.1 Å². The Labute approximate surface area is 239 Å². The molecule has 0 saturated heterocycles. The minimum atomic E-state index is 0.581. The minimum Gasteiger partial charge on any atom is -0.456 e. The molecule has 5 heteroatoms. The first kappa shape index (κ1) is 22.9. The summed E-state index contributed by atoms with van der Waals surface area (Å²) >= 11 is 0. The first-order chi connectivity index (χ1) is 20.8. The molecule has 0 unspecified atom stereocenters. The highest BCUT2D eigenvalue weighted by atomic mass is 16.4. The van der Waals surface area contributed by atoms with Crippen LogP contribution in [-0.2, 0) is 0 Å². The van der Waals surface area contributed by atoms with E-state index in [1.54, 1.807) is 0 Å². The van der Waals surface area contributed by atoms with E-state index in [1.165, 1.54) is 0 Å². The zero-order valence-corrected chi connectivity index (χ0v) is 22.3. The fourth-order valence-corrected chi connectivity index (χ4v) is 6.07. The summed E-state index contributed by atoms with van der Waals surface area (Å²) < 4.78 is 18.9. The highest BCUT2D eigenvalue weighted by Crippen LogP contribution is 2.45. The number of hydrogen-bond acceptors (Lipinski definition) is 5. The van der Waals surface area contributed by atoms with Crippen LogP contribution in [0, 0.1) is 0 Å². The fourth-order valence-electron chi connectivity index (χ4n) is 6.07. The van der Waals surface area contributed by atoms with Gasteiger partial charge >= 0.3 is 0 Å². The van der Waals surface area contributed by atoms with Crippen LogP contribution in [0.1, 0.15) is 0 Å². The Morgan fingerprint density at radius 1 is 0.452 bits per heavy atom. The van der Waals surface area contributed by atoms with Crippen molar-refractivity contribution in [3.05, 3.63) is 133 Å². The van der Waals surface area contributed by atoms with Gasteiger partial charge in [0, 0.05) is 39.2 Å². The van der Waals surface area contributed by atoms with E-state index >= 15 is 0 Å². The van der Waals surface area contributed by atoms with Crippen molar-refractivity contribution in [3.63, 3.8) is 0 Å². The summed E-state index contributed by atoms with van der Waals surface area (Å²) in [4.78, 5) is 7.03. The molecule has 42 heavy (non-hydrogen) atoms. The first-order valence-corrected chi connectivity index (χ1v) is 13.9. The van der Waals surface area contributed by atoms with Gasteiger partial charge in [0.2, 0.25) is 5.89 Å². The highest BCUT2D eigenvalue weighted by Gasteiger charge is 2.21. The van der Waals surface area contributed by atoms with Crippen LogP contribution >= 0.6 is 0 Å². The molecular weight excluding hydrogens is 520 g/mol. The van der Waals surface area contributed by atoms with Gasteiger partial charge < -0.3 is 18.2 Å². The standard InChI is InChI=1S/C37H22N2O3/c1-2-10-23(11-3-1)39(29-15-9-19-33-36(29)25-12-4-6-16-30(25)40-33)24-20-21-26-34(22-24)41-32-18-8-13-27(35(26)32)37-38-28-14-5-7-17-31(28)42-37/h1-22H. The predicted octanol–water partition coefficient (Wildman–Crippen LogP) is 10.8. The summed E-state index contributed by atoms with van der Waals surface area (Å²) in [6.07, 6.45) is 0.